The molecule has 0 aromatic rings. The highest BCUT2D eigenvalue weighted by molar-refractivity contribution is 14.1. The zero-order chi connectivity index (χ0) is 14.0. The summed E-state index contributed by atoms with van der Waals surface area (Å²) in [5.74, 6) is 1.22. The molecule has 0 amide bonds. The molecule has 106 valence electrons. The number of halogens is 7. The third kappa shape index (κ3) is 1.29. The summed E-state index contributed by atoms with van der Waals surface area (Å²) in [5, 5.41) is 0.711. The molecule has 19 heavy (non-hydrogen) atoms. The number of hydrogen-bond donors (Lipinski definition) is 0. The van der Waals surface area contributed by atoms with Gasteiger partial charge in [0, 0.05) is 3.92 Å². The van der Waals surface area contributed by atoms with Crippen molar-refractivity contribution in [2.45, 2.75) is 30.8 Å². The van der Waals surface area contributed by atoms with Gasteiger partial charge in [-0.25, -0.2) is 0 Å². The van der Waals surface area contributed by atoms with Crippen LogP contribution < -0.4 is 0 Å². The molecule has 0 radical (unpaired) electrons. The monoisotopic (exact) mass is 490 g/mol. The number of fused-ring (bicyclic) bond motifs is 9. The highest BCUT2D eigenvalue weighted by Crippen LogP contribution is 2.82. The topological polar surface area (TPSA) is 0 Å². The van der Waals surface area contributed by atoms with Gasteiger partial charge in [-0.1, -0.05) is 69.0 Å². The molecular weight excluding hydrogens is 484 g/mol. The average molecular weight is 493 g/mol. The molecule has 4 rings (SSSR count). The molecule has 0 saturated heterocycles. The summed E-state index contributed by atoms with van der Waals surface area (Å²) in [4.78, 5) is -2.07. The SMILES string of the molecule is ClC1=C(Cl)[C@@]2(Cl)[C@@H]3[C@@H]4C[C@@H](C[C@H]4I)[C@H]3[C@@]1(Cl)C2(Cl)Cl. The number of hydrogen-bond acceptors (Lipinski definition) is 0. The average Bonchev–Trinajstić information content (AvgIpc) is 2.95. The smallest absolute Gasteiger partial charge is 0.109 e. The Bertz CT molecular complexity index is 518. The standard InChI is InChI=1S/C12H9Cl6I/c13-8-9(14)11(16)7-4-1-3(2-5(4)19)6(7)10(8,15)12(11,17)18/h3-7H,1-2H2/t3-,4+,5+,6+,7+,10-,11-/m0/s1. The van der Waals surface area contributed by atoms with Crippen LogP contribution in [-0.2, 0) is 0 Å². The van der Waals surface area contributed by atoms with Crippen LogP contribution in [0.4, 0.5) is 0 Å². The van der Waals surface area contributed by atoms with Gasteiger partial charge >= 0.3 is 0 Å². The summed E-state index contributed by atoms with van der Waals surface area (Å²) < 4.78 is -0.754. The summed E-state index contributed by atoms with van der Waals surface area (Å²) in [7, 11) is 0. The highest BCUT2D eigenvalue weighted by Gasteiger charge is 2.86. The van der Waals surface area contributed by atoms with Gasteiger partial charge in [-0.2, -0.15) is 0 Å². The third-order valence-electron chi connectivity index (χ3n) is 5.59. The first-order valence-corrected chi connectivity index (χ1v) is 9.66. The first-order chi connectivity index (χ1) is 8.69. The van der Waals surface area contributed by atoms with E-state index in [0.717, 1.165) is 12.8 Å². The maximum Gasteiger partial charge on any atom is 0.166 e. The van der Waals surface area contributed by atoms with Gasteiger partial charge in [0.2, 0.25) is 0 Å². The quantitative estimate of drug-likeness (QED) is 0.224. The number of allylic oxidation sites excluding steroid dienone is 2. The molecule has 0 N–H and O–H groups in total. The Morgan fingerprint density at radius 1 is 0.895 bits per heavy atom. The van der Waals surface area contributed by atoms with Crippen molar-refractivity contribution in [2.75, 3.05) is 0 Å². The second kappa shape index (κ2) is 3.99. The molecule has 4 aliphatic rings. The van der Waals surface area contributed by atoms with Gasteiger partial charge in [0.05, 0.1) is 10.1 Å². The maximum atomic E-state index is 6.86. The first-order valence-electron chi connectivity index (χ1n) is 6.15. The van der Waals surface area contributed by atoms with Crippen LogP contribution in [-0.4, -0.2) is 18.0 Å². The Balaban J connectivity index is 1.99. The van der Waals surface area contributed by atoms with E-state index >= 15 is 0 Å². The van der Waals surface area contributed by atoms with Gasteiger partial charge in [0.1, 0.15) is 9.75 Å². The molecule has 0 aromatic carbocycles. The zero-order valence-electron chi connectivity index (χ0n) is 9.45. The van der Waals surface area contributed by atoms with E-state index in [1.165, 1.54) is 0 Å². The zero-order valence-corrected chi connectivity index (χ0v) is 16.1. The van der Waals surface area contributed by atoms with Crippen LogP contribution in [0.1, 0.15) is 12.8 Å². The van der Waals surface area contributed by atoms with E-state index in [9.17, 15) is 0 Å². The molecule has 0 aromatic heterocycles. The molecule has 0 aliphatic heterocycles. The van der Waals surface area contributed by atoms with Gasteiger partial charge in [-0.3, -0.25) is 0 Å². The van der Waals surface area contributed by atoms with Crippen LogP contribution in [0.15, 0.2) is 10.1 Å². The number of alkyl halides is 5. The molecule has 3 fully saturated rings. The minimum Gasteiger partial charge on any atom is -0.109 e. The predicted octanol–water partition coefficient (Wildman–Crippen LogP) is 5.91. The van der Waals surface area contributed by atoms with Crippen molar-refractivity contribution in [3.63, 3.8) is 0 Å². The summed E-state index contributed by atoms with van der Waals surface area (Å²) in [6.07, 6.45) is 2.27. The fraction of sp³-hybridized carbons (Fsp3) is 0.833. The van der Waals surface area contributed by atoms with Gasteiger partial charge in [0.25, 0.3) is 0 Å². The van der Waals surface area contributed by atoms with Gasteiger partial charge in [-0.05, 0) is 36.5 Å². The van der Waals surface area contributed by atoms with Crippen molar-refractivity contribution >= 4 is 92.2 Å². The van der Waals surface area contributed by atoms with Gasteiger partial charge in [0.15, 0.2) is 4.33 Å². The van der Waals surface area contributed by atoms with Crippen molar-refractivity contribution < 1.29 is 0 Å². The van der Waals surface area contributed by atoms with Crippen molar-refractivity contribution in [3.8, 4) is 0 Å². The minimum atomic E-state index is -1.34. The summed E-state index contributed by atoms with van der Waals surface area (Å²) in [6.45, 7) is 0. The Kier molecular flexibility index (Phi) is 3.11. The molecule has 0 spiro atoms. The van der Waals surface area contributed by atoms with E-state index in [-0.39, 0.29) is 11.8 Å². The molecule has 3 saturated carbocycles. The fourth-order valence-electron chi connectivity index (χ4n) is 4.97. The molecule has 7 atom stereocenters. The summed E-state index contributed by atoms with van der Waals surface area (Å²) >= 11 is 42.2. The minimum absolute atomic E-state index is 0.123. The van der Waals surface area contributed by atoms with E-state index in [0.29, 0.717) is 25.8 Å². The van der Waals surface area contributed by atoms with Crippen LogP contribution in [0, 0.1) is 23.7 Å². The normalized spacial score (nSPS) is 61.1. The van der Waals surface area contributed by atoms with Crippen molar-refractivity contribution in [1.29, 1.82) is 0 Å². The van der Waals surface area contributed by atoms with E-state index in [4.69, 9.17) is 69.6 Å². The van der Waals surface area contributed by atoms with Crippen LogP contribution in [0.3, 0.4) is 0 Å². The molecular formula is C12H9Cl6I. The van der Waals surface area contributed by atoms with Gasteiger partial charge < -0.3 is 0 Å². The maximum absolute atomic E-state index is 6.86. The molecule has 4 bridgehead atoms. The number of rotatable bonds is 0. The lowest BCUT2D eigenvalue weighted by molar-refractivity contribution is 0.228. The van der Waals surface area contributed by atoms with Crippen LogP contribution >= 0.6 is 92.2 Å². The van der Waals surface area contributed by atoms with E-state index < -0.39 is 14.1 Å². The molecule has 0 heterocycles. The highest BCUT2D eigenvalue weighted by atomic mass is 127. The van der Waals surface area contributed by atoms with Gasteiger partial charge in [-0.15, -0.1) is 23.2 Å². The molecule has 0 unspecified atom stereocenters. The summed E-state index contributed by atoms with van der Waals surface area (Å²) in [6, 6.07) is 0. The Hall–Kier alpha value is 2.21. The lowest BCUT2D eigenvalue weighted by Gasteiger charge is -2.41. The van der Waals surface area contributed by atoms with Crippen molar-refractivity contribution in [1.82, 2.24) is 0 Å². The second-order valence-electron chi connectivity index (χ2n) is 6.09. The fourth-order valence-corrected chi connectivity index (χ4v) is 9.51. The lowest BCUT2D eigenvalue weighted by atomic mass is 9.72. The first kappa shape index (κ1) is 14.8. The summed E-state index contributed by atoms with van der Waals surface area (Å²) in [5.41, 5.74) is 0. The molecule has 0 nitrogen and oxygen atoms in total. The third-order valence-corrected chi connectivity index (χ3v) is 11.3. The van der Waals surface area contributed by atoms with E-state index in [2.05, 4.69) is 22.6 Å². The van der Waals surface area contributed by atoms with Crippen LogP contribution in [0.5, 0.6) is 0 Å². The van der Waals surface area contributed by atoms with Crippen molar-refractivity contribution in [2.24, 2.45) is 23.7 Å². The molecule has 7 heteroatoms. The Labute approximate surface area is 155 Å². The van der Waals surface area contributed by atoms with Crippen LogP contribution in [0.2, 0.25) is 0 Å². The Morgan fingerprint density at radius 3 is 2.00 bits per heavy atom. The predicted molar refractivity (Wildman–Crippen MR) is 91.3 cm³/mol. The largest absolute Gasteiger partial charge is 0.166 e. The Morgan fingerprint density at radius 2 is 1.42 bits per heavy atom. The lowest BCUT2D eigenvalue weighted by Crippen LogP contribution is -2.46. The van der Waals surface area contributed by atoms with Crippen molar-refractivity contribution in [3.05, 3.63) is 10.1 Å². The van der Waals surface area contributed by atoms with E-state index in [1.54, 1.807) is 0 Å². The second-order valence-corrected chi connectivity index (χ2v) is 11.0. The van der Waals surface area contributed by atoms with Crippen LogP contribution in [0.25, 0.3) is 0 Å². The molecule has 4 aliphatic carbocycles. The van der Waals surface area contributed by atoms with E-state index in [1.807, 2.05) is 0 Å².